The van der Waals surface area contributed by atoms with Crippen LogP contribution >= 0.6 is 0 Å². The average Bonchev–Trinajstić information content (AvgIpc) is 2.56. The summed E-state index contributed by atoms with van der Waals surface area (Å²) in [5, 5.41) is 14.6. The standard InChI is InChI=1S/C13H23N3O4/c1-4-9(17)5-7-14-10(18)6-8-16-11(19)13(2,3)15-12(16)20/h9,17H,4-8H2,1-3H3,(H,14,18)(H,15,20). The van der Waals surface area contributed by atoms with Gasteiger partial charge in [-0.25, -0.2) is 4.79 Å². The summed E-state index contributed by atoms with van der Waals surface area (Å²) in [7, 11) is 0. The normalized spacial score (nSPS) is 18.9. The van der Waals surface area contributed by atoms with Crippen LogP contribution in [0.5, 0.6) is 0 Å². The molecule has 114 valence electrons. The lowest BCUT2D eigenvalue weighted by Crippen LogP contribution is -2.40. The predicted molar refractivity (Wildman–Crippen MR) is 72.9 cm³/mol. The minimum absolute atomic E-state index is 0.0657. The van der Waals surface area contributed by atoms with Gasteiger partial charge in [-0.1, -0.05) is 6.92 Å². The van der Waals surface area contributed by atoms with E-state index in [1.54, 1.807) is 13.8 Å². The van der Waals surface area contributed by atoms with Gasteiger partial charge in [-0.3, -0.25) is 14.5 Å². The molecule has 1 heterocycles. The summed E-state index contributed by atoms with van der Waals surface area (Å²) in [6.07, 6.45) is 0.797. The third-order valence-electron chi connectivity index (χ3n) is 3.28. The SMILES string of the molecule is CCC(O)CCNC(=O)CCN1C(=O)NC(C)(C)C1=O. The van der Waals surface area contributed by atoms with Crippen LogP contribution in [-0.2, 0) is 9.59 Å². The number of aliphatic hydroxyl groups is 1. The zero-order valence-corrected chi connectivity index (χ0v) is 12.2. The second kappa shape index (κ2) is 6.69. The van der Waals surface area contributed by atoms with E-state index in [2.05, 4.69) is 10.6 Å². The Morgan fingerprint density at radius 2 is 2.10 bits per heavy atom. The molecule has 0 aromatic rings. The topological polar surface area (TPSA) is 98.7 Å². The van der Waals surface area contributed by atoms with E-state index >= 15 is 0 Å². The molecular weight excluding hydrogens is 262 g/mol. The first-order valence-electron chi connectivity index (χ1n) is 6.86. The van der Waals surface area contributed by atoms with Crippen LogP contribution in [0.3, 0.4) is 0 Å². The molecule has 7 heteroatoms. The fraction of sp³-hybridized carbons (Fsp3) is 0.769. The van der Waals surface area contributed by atoms with Crippen LogP contribution < -0.4 is 10.6 Å². The first kappa shape index (κ1) is 16.4. The largest absolute Gasteiger partial charge is 0.393 e. The number of nitrogens with one attached hydrogen (secondary N) is 2. The van der Waals surface area contributed by atoms with Gasteiger partial charge in [0.15, 0.2) is 0 Å². The first-order valence-corrected chi connectivity index (χ1v) is 6.86. The maximum Gasteiger partial charge on any atom is 0.325 e. The molecule has 1 unspecified atom stereocenters. The summed E-state index contributed by atoms with van der Waals surface area (Å²) in [5.74, 6) is -0.560. The number of aliphatic hydroxyl groups excluding tert-OH is 1. The van der Waals surface area contributed by atoms with Gasteiger partial charge in [-0.15, -0.1) is 0 Å². The quantitative estimate of drug-likeness (QED) is 0.573. The van der Waals surface area contributed by atoms with Crippen molar-refractivity contribution >= 4 is 17.8 Å². The van der Waals surface area contributed by atoms with Crippen LogP contribution in [0.2, 0.25) is 0 Å². The van der Waals surface area contributed by atoms with Crippen LogP contribution in [0.15, 0.2) is 0 Å². The number of imide groups is 1. The number of carbonyl (C=O) groups excluding carboxylic acids is 3. The number of rotatable bonds is 7. The van der Waals surface area contributed by atoms with Crippen molar-refractivity contribution < 1.29 is 19.5 Å². The van der Waals surface area contributed by atoms with Gasteiger partial charge < -0.3 is 15.7 Å². The molecular formula is C13H23N3O4. The molecule has 0 bridgehead atoms. The van der Waals surface area contributed by atoms with E-state index in [1.165, 1.54) is 0 Å². The van der Waals surface area contributed by atoms with Crippen molar-refractivity contribution in [1.82, 2.24) is 15.5 Å². The summed E-state index contributed by atoms with van der Waals surface area (Å²) in [5.41, 5.74) is -0.904. The number of urea groups is 1. The van der Waals surface area contributed by atoms with Gasteiger partial charge >= 0.3 is 6.03 Å². The van der Waals surface area contributed by atoms with E-state index in [4.69, 9.17) is 0 Å². The van der Waals surface area contributed by atoms with E-state index in [0.717, 1.165) is 4.90 Å². The van der Waals surface area contributed by atoms with E-state index in [-0.39, 0.29) is 24.8 Å². The van der Waals surface area contributed by atoms with Gasteiger partial charge in [0.2, 0.25) is 5.91 Å². The third kappa shape index (κ3) is 4.19. The number of hydrogen-bond acceptors (Lipinski definition) is 4. The Bertz CT molecular complexity index is 395. The van der Waals surface area contributed by atoms with Crippen molar-refractivity contribution in [3.05, 3.63) is 0 Å². The lowest BCUT2D eigenvalue weighted by atomic mass is 10.1. The molecule has 1 aliphatic rings. The first-order chi connectivity index (χ1) is 9.27. The fourth-order valence-electron chi connectivity index (χ4n) is 1.91. The molecule has 0 aromatic heterocycles. The highest BCUT2D eigenvalue weighted by atomic mass is 16.3. The molecule has 4 amide bonds. The van der Waals surface area contributed by atoms with Gasteiger partial charge in [0.05, 0.1) is 6.10 Å². The molecule has 3 N–H and O–H groups in total. The molecule has 20 heavy (non-hydrogen) atoms. The van der Waals surface area contributed by atoms with Crippen LogP contribution in [-0.4, -0.2) is 52.6 Å². The van der Waals surface area contributed by atoms with Crippen molar-refractivity contribution in [2.45, 2.75) is 51.7 Å². The van der Waals surface area contributed by atoms with Gasteiger partial charge in [0.25, 0.3) is 5.91 Å². The Balaban J connectivity index is 2.31. The smallest absolute Gasteiger partial charge is 0.325 e. The maximum atomic E-state index is 11.9. The van der Waals surface area contributed by atoms with Crippen LogP contribution in [0.1, 0.15) is 40.0 Å². The number of nitrogens with zero attached hydrogens (tertiary/aromatic N) is 1. The van der Waals surface area contributed by atoms with Crippen LogP contribution in [0.25, 0.3) is 0 Å². The molecule has 1 atom stereocenters. The molecule has 0 radical (unpaired) electrons. The Labute approximate surface area is 118 Å². The van der Waals surface area contributed by atoms with E-state index < -0.39 is 17.7 Å². The van der Waals surface area contributed by atoms with E-state index in [9.17, 15) is 19.5 Å². The van der Waals surface area contributed by atoms with Gasteiger partial charge in [0.1, 0.15) is 5.54 Å². The van der Waals surface area contributed by atoms with Crippen molar-refractivity contribution in [1.29, 1.82) is 0 Å². The Morgan fingerprint density at radius 3 is 2.60 bits per heavy atom. The molecule has 0 aliphatic carbocycles. The molecule has 1 fully saturated rings. The summed E-state index contributed by atoms with van der Waals surface area (Å²) in [6.45, 7) is 5.57. The van der Waals surface area contributed by atoms with Gasteiger partial charge in [0, 0.05) is 19.5 Å². The number of amides is 4. The summed E-state index contributed by atoms with van der Waals surface area (Å²) >= 11 is 0. The zero-order chi connectivity index (χ0) is 15.3. The molecule has 0 aromatic carbocycles. The van der Waals surface area contributed by atoms with E-state index in [1.807, 2.05) is 6.92 Å². The second-order valence-corrected chi connectivity index (χ2v) is 5.46. The zero-order valence-electron chi connectivity index (χ0n) is 12.2. The average molecular weight is 285 g/mol. The highest BCUT2D eigenvalue weighted by Gasteiger charge is 2.43. The van der Waals surface area contributed by atoms with Gasteiger partial charge in [-0.05, 0) is 26.7 Å². The molecule has 7 nitrogen and oxygen atoms in total. The van der Waals surface area contributed by atoms with Crippen molar-refractivity contribution in [3.8, 4) is 0 Å². The van der Waals surface area contributed by atoms with E-state index in [0.29, 0.717) is 19.4 Å². The second-order valence-electron chi connectivity index (χ2n) is 5.46. The van der Waals surface area contributed by atoms with Crippen molar-refractivity contribution in [2.24, 2.45) is 0 Å². The fourth-order valence-corrected chi connectivity index (χ4v) is 1.91. The summed E-state index contributed by atoms with van der Waals surface area (Å²) in [4.78, 5) is 36.1. The molecule has 0 spiro atoms. The van der Waals surface area contributed by atoms with Crippen molar-refractivity contribution in [2.75, 3.05) is 13.1 Å². The predicted octanol–water partition coefficient (Wildman–Crippen LogP) is -0.0159. The third-order valence-corrected chi connectivity index (χ3v) is 3.28. The monoisotopic (exact) mass is 285 g/mol. The molecule has 1 rings (SSSR count). The summed E-state index contributed by atoms with van der Waals surface area (Å²) in [6, 6.07) is -0.464. The molecule has 0 saturated carbocycles. The lowest BCUT2D eigenvalue weighted by Gasteiger charge is -2.15. The highest BCUT2D eigenvalue weighted by Crippen LogP contribution is 2.16. The molecule has 1 saturated heterocycles. The van der Waals surface area contributed by atoms with Crippen molar-refractivity contribution in [3.63, 3.8) is 0 Å². The van der Waals surface area contributed by atoms with Crippen LogP contribution in [0.4, 0.5) is 4.79 Å². The minimum Gasteiger partial charge on any atom is -0.393 e. The van der Waals surface area contributed by atoms with Crippen LogP contribution in [0, 0.1) is 0 Å². The Hall–Kier alpha value is -1.63. The lowest BCUT2D eigenvalue weighted by molar-refractivity contribution is -0.130. The summed E-state index contributed by atoms with van der Waals surface area (Å²) < 4.78 is 0. The maximum absolute atomic E-state index is 11.9. The van der Waals surface area contributed by atoms with Gasteiger partial charge in [-0.2, -0.15) is 0 Å². The Kier molecular flexibility index (Phi) is 5.50. The number of hydrogen-bond donors (Lipinski definition) is 3. The molecule has 1 aliphatic heterocycles. The highest BCUT2D eigenvalue weighted by molar-refractivity contribution is 6.06. The Morgan fingerprint density at radius 1 is 1.45 bits per heavy atom. The number of carbonyl (C=O) groups is 3. The minimum atomic E-state index is -0.904.